The van der Waals surface area contributed by atoms with E-state index in [1.54, 1.807) is 30.0 Å². The third-order valence-electron chi connectivity index (χ3n) is 1.73. The second-order valence-corrected chi connectivity index (χ2v) is 2.56. The number of methoxy groups -OCH3 is 2. The normalized spacial score (nSPS) is 9.46. The number of rotatable bonds is 2. The minimum absolute atomic E-state index is 0.362. The fraction of sp³-hybridized carbons (Fsp3) is 0.333. The van der Waals surface area contributed by atoms with Gasteiger partial charge in [-0.05, 0) is 0 Å². The van der Waals surface area contributed by atoms with Crippen LogP contribution in [0.4, 0.5) is 0 Å². The lowest BCUT2D eigenvalue weighted by molar-refractivity contribution is -0.676. The summed E-state index contributed by atoms with van der Waals surface area (Å²) in [6.45, 7) is 0. The van der Waals surface area contributed by atoms with E-state index in [2.05, 4.69) is 4.74 Å². The molecule has 0 saturated carbocycles. The van der Waals surface area contributed by atoms with Crippen LogP contribution in [0.15, 0.2) is 18.3 Å². The molecule has 4 heteroatoms. The Labute approximate surface area is 76.7 Å². The zero-order valence-corrected chi connectivity index (χ0v) is 7.90. The SMILES string of the molecule is COC(=O)c1cc[n+](C)c(OC)c1. The van der Waals surface area contributed by atoms with Gasteiger partial charge in [-0.25, -0.2) is 4.79 Å². The first kappa shape index (κ1) is 9.51. The summed E-state index contributed by atoms with van der Waals surface area (Å²) in [5, 5.41) is 0. The molecule has 0 N–H and O–H groups in total. The van der Waals surface area contributed by atoms with Crippen molar-refractivity contribution in [3.8, 4) is 5.88 Å². The van der Waals surface area contributed by atoms with Gasteiger partial charge in [0.15, 0.2) is 6.20 Å². The highest BCUT2D eigenvalue weighted by molar-refractivity contribution is 5.89. The Balaban J connectivity index is 3.06. The maximum absolute atomic E-state index is 11.1. The van der Waals surface area contributed by atoms with E-state index >= 15 is 0 Å². The van der Waals surface area contributed by atoms with Crippen LogP contribution in [0.3, 0.4) is 0 Å². The highest BCUT2D eigenvalue weighted by Gasteiger charge is 2.12. The van der Waals surface area contributed by atoms with Gasteiger partial charge < -0.3 is 9.47 Å². The van der Waals surface area contributed by atoms with Crippen LogP contribution in [0.2, 0.25) is 0 Å². The van der Waals surface area contributed by atoms with Gasteiger partial charge >= 0.3 is 11.8 Å². The van der Waals surface area contributed by atoms with Crippen LogP contribution >= 0.6 is 0 Å². The van der Waals surface area contributed by atoms with Crippen molar-refractivity contribution in [1.29, 1.82) is 0 Å². The van der Waals surface area contributed by atoms with Gasteiger partial charge in [-0.1, -0.05) is 0 Å². The van der Waals surface area contributed by atoms with E-state index in [0.29, 0.717) is 11.4 Å². The molecule has 0 amide bonds. The molecular weight excluding hydrogens is 170 g/mol. The van der Waals surface area contributed by atoms with E-state index in [4.69, 9.17) is 4.74 Å². The quantitative estimate of drug-likeness (QED) is 0.488. The average molecular weight is 182 g/mol. The number of hydrogen-bond acceptors (Lipinski definition) is 3. The molecule has 0 unspecified atom stereocenters. The van der Waals surface area contributed by atoms with Crippen molar-refractivity contribution >= 4 is 5.97 Å². The Morgan fingerprint density at radius 2 is 2.15 bits per heavy atom. The highest BCUT2D eigenvalue weighted by Crippen LogP contribution is 2.07. The first-order chi connectivity index (χ1) is 6.19. The Hall–Kier alpha value is -1.58. The van der Waals surface area contributed by atoms with Crippen LogP contribution < -0.4 is 9.30 Å². The molecule has 1 rings (SSSR count). The van der Waals surface area contributed by atoms with Gasteiger partial charge in [0, 0.05) is 6.07 Å². The first-order valence-electron chi connectivity index (χ1n) is 3.81. The molecule has 1 aromatic rings. The van der Waals surface area contributed by atoms with E-state index in [-0.39, 0.29) is 5.97 Å². The molecule has 0 bridgehead atoms. The van der Waals surface area contributed by atoms with E-state index in [1.165, 1.54) is 7.11 Å². The number of hydrogen-bond donors (Lipinski definition) is 0. The molecule has 0 aliphatic heterocycles. The lowest BCUT2D eigenvalue weighted by Gasteiger charge is -2.00. The zero-order valence-electron chi connectivity index (χ0n) is 7.90. The number of carbonyl (C=O) groups excluding carboxylic acids is 1. The summed E-state index contributed by atoms with van der Waals surface area (Å²) in [5.74, 6) is 0.252. The van der Waals surface area contributed by atoms with Crippen LogP contribution in [0, 0.1) is 0 Å². The number of aromatic nitrogens is 1. The number of ether oxygens (including phenoxy) is 2. The fourth-order valence-electron chi connectivity index (χ4n) is 0.996. The lowest BCUT2D eigenvalue weighted by Crippen LogP contribution is -2.30. The molecule has 0 aliphatic carbocycles. The summed E-state index contributed by atoms with van der Waals surface area (Å²) in [7, 11) is 4.73. The molecular formula is C9H12NO3+. The molecule has 0 spiro atoms. The molecule has 70 valence electrons. The Kier molecular flexibility index (Phi) is 2.84. The van der Waals surface area contributed by atoms with E-state index in [9.17, 15) is 4.79 Å². The van der Waals surface area contributed by atoms with Crippen molar-refractivity contribution in [1.82, 2.24) is 0 Å². The topological polar surface area (TPSA) is 39.4 Å². The molecule has 0 saturated heterocycles. The summed E-state index contributed by atoms with van der Waals surface area (Å²) in [5.41, 5.74) is 0.484. The summed E-state index contributed by atoms with van der Waals surface area (Å²) in [4.78, 5) is 11.1. The minimum Gasteiger partial charge on any atom is -0.465 e. The number of aryl methyl sites for hydroxylation is 1. The maximum atomic E-state index is 11.1. The molecule has 0 fully saturated rings. The monoisotopic (exact) mass is 182 g/mol. The van der Waals surface area contributed by atoms with Crippen molar-refractivity contribution in [2.75, 3.05) is 14.2 Å². The van der Waals surface area contributed by atoms with Gasteiger partial charge in [0.05, 0.1) is 25.8 Å². The van der Waals surface area contributed by atoms with Crippen molar-refractivity contribution in [3.63, 3.8) is 0 Å². The largest absolute Gasteiger partial charge is 0.465 e. The van der Waals surface area contributed by atoms with Crippen LogP contribution in [-0.2, 0) is 11.8 Å². The minimum atomic E-state index is -0.362. The molecule has 0 aliphatic rings. The molecule has 1 heterocycles. The van der Waals surface area contributed by atoms with Crippen LogP contribution in [0.1, 0.15) is 10.4 Å². The van der Waals surface area contributed by atoms with Gasteiger partial charge in [-0.15, -0.1) is 0 Å². The van der Waals surface area contributed by atoms with Crippen molar-refractivity contribution in [2.24, 2.45) is 7.05 Å². The van der Waals surface area contributed by atoms with E-state index in [0.717, 1.165) is 0 Å². The maximum Gasteiger partial charge on any atom is 0.368 e. The van der Waals surface area contributed by atoms with Crippen LogP contribution in [0.5, 0.6) is 5.88 Å². The van der Waals surface area contributed by atoms with Gasteiger partial charge in [0.2, 0.25) is 0 Å². The second-order valence-electron chi connectivity index (χ2n) is 2.56. The molecule has 13 heavy (non-hydrogen) atoms. The van der Waals surface area contributed by atoms with Crippen molar-refractivity contribution in [2.45, 2.75) is 0 Å². The third-order valence-corrected chi connectivity index (χ3v) is 1.73. The second kappa shape index (κ2) is 3.89. The summed E-state index contributed by atoms with van der Waals surface area (Å²) in [6.07, 6.45) is 1.74. The zero-order chi connectivity index (χ0) is 9.84. The smallest absolute Gasteiger partial charge is 0.368 e. The molecule has 4 nitrogen and oxygen atoms in total. The van der Waals surface area contributed by atoms with Gasteiger partial charge in [0.1, 0.15) is 7.05 Å². The van der Waals surface area contributed by atoms with Crippen LogP contribution in [-0.4, -0.2) is 20.2 Å². The highest BCUT2D eigenvalue weighted by atomic mass is 16.5. The predicted octanol–water partition coefficient (Wildman–Crippen LogP) is 0.306. The van der Waals surface area contributed by atoms with Gasteiger partial charge in [-0.3, -0.25) is 0 Å². The fourth-order valence-corrected chi connectivity index (χ4v) is 0.996. The predicted molar refractivity (Wildman–Crippen MR) is 45.5 cm³/mol. The third kappa shape index (κ3) is 1.96. The summed E-state index contributed by atoms with van der Waals surface area (Å²) in [6, 6.07) is 3.31. The number of carbonyl (C=O) groups is 1. The molecule has 0 aromatic carbocycles. The van der Waals surface area contributed by atoms with E-state index in [1.807, 2.05) is 7.05 Å². The number of esters is 1. The Morgan fingerprint density at radius 3 is 2.69 bits per heavy atom. The number of nitrogens with zero attached hydrogens (tertiary/aromatic N) is 1. The van der Waals surface area contributed by atoms with Crippen LogP contribution in [0.25, 0.3) is 0 Å². The molecule has 0 atom stereocenters. The first-order valence-corrected chi connectivity index (χ1v) is 3.81. The lowest BCUT2D eigenvalue weighted by atomic mass is 10.2. The standard InChI is InChI=1S/C9H12NO3/c1-10-5-4-7(9(11)13-3)6-8(10)12-2/h4-6H,1-3H3/q+1. The van der Waals surface area contributed by atoms with Gasteiger partial charge in [-0.2, -0.15) is 4.57 Å². The summed E-state index contributed by atoms with van der Waals surface area (Å²) < 4.78 is 11.4. The van der Waals surface area contributed by atoms with Crippen molar-refractivity contribution < 1.29 is 18.8 Å². The summed E-state index contributed by atoms with van der Waals surface area (Å²) >= 11 is 0. The molecule has 0 radical (unpaired) electrons. The number of pyridine rings is 1. The Bertz CT molecular complexity index is 323. The van der Waals surface area contributed by atoms with Crippen molar-refractivity contribution in [3.05, 3.63) is 23.9 Å². The Morgan fingerprint density at radius 1 is 1.46 bits per heavy atom. The molecule has 1 aromatic heterocycles. The average Bonchev–Trinajstić information content (AvgIpc) is 2.17. The van der Waals surface area contributed by atoms with Gasteiger partial charge in [0.25, 0.3) is 0 Å². The van der Waals surface area contributed by atoms with E-state index < -0.39 is 0 Å².